The highest BCUT2D eigenvalue weighted by Gasteiger charge is 2.45. The van der Waals surface area contributed by atoms with E-state index in [9.17, 15) is 24.0 Å². The molecule has 2 N–H and O–H groups in total. The Balaban J connectivity index is 1.09. The van der Waals surface area contributed by atoms with Gasteiger partial charge in [0.15, 0.2) is 0 Å². The summed E-state index contributed by atoms with van der Waals surface area (Å²) in [5, 5.41) is 4.91. The summed E-state index contributed by atoms with van der Waals surface area (Å²) in [4.78, 5) is 63.5. The highest BCUT2D eigenvalue weighted by molar-refractivity contribution is 6.26. The third-order valence-electron chi connectivity index (χ3n) is 8.44. The largest absolute Gasteiger partial charge is 0.379 e. The second-order valence-corrected chi connectivity index (χ2v) is 12.5. The fourth-order valence-electron chi connectivity index (χ4n) is 5.68. The zero-order valence-corrected chi connectivity index (χ0v) is 30.2. The molecule has 3 rings (SSSR count). The molecule has 0 aromatic heterocycles. The lowest BCUT2D eigenvalue weighted by molar-refractivity contribution is -0.136. The average Bonchev–Trinajstić information content (AvgIpc) is 3.37. The quantitative estimate of drug-likeness (QED) is 0.0870. The summed E-state index contributed by atoms with van der Waals surface area (Å²) in [5.74, 6) is -2.68. The number of unbranched alkanes of at least 4 members (excludes halogenated alkanes) is 7. The lowest BCUT2D eigenvalue weighted by Gasteiger charge is -2.27. The molecule has 51 heavy (non-hydrogen) atoms. The number of hydrogen-bond acceptors (Lipinski definition) is 11. The van der Waals surface area contributed by atoms with Gasteiger partial charge in [-0.3, -0.25) is 34.2 Å². The molecule has 1 unspecified atom stereocenters. The Morgan fingerprint density at radius 2 is 1.20 bits per heavy atom. The Hall–Kier alpha value is -3.27. The van der Waals surface area contributed by atoms with E-state index >= 15 is 0 Å². The number of nitrogens with one attached hydrogen (secondary N) is 2. The van der Waals surface area contributed by atoms with Crippen molar-refractivity contribution >= 4 is 35.2 Å². The predicted octanol–water partition coefficient (Wildman–Crippen LogP) is 4.05. The van der Waals surface area contributed by atoms with Crippen molar-refractivity contribution < 1.29 is 52.4 Å². The molecule has 1 aromatic carbocycles. The molecule has 14 nitrogen and oxygen atoms in total. The van der Waals surface area contributed by atoms with Crippen LogP contribution in [0.5, 0.6) is 0 Å². The van der Waals surface area contributed by atoms with Crippen LogP contribution in [0.4, 0.5) is 5.69 Å². The maximum absolute atomic E-state index is 13.2. The van der Waals surface area contributed by atoms with Gasteiger partial charge < -0.3 is 33.7 Å². The van der Waals surface area contributed by atoms with Crippen LogP contribution < -0.4 is 10.6 Å². The van der Waals surface area contributed by atoms with Crippen LogP contribution in [0.2, 0.25) is 0 Å². The lowest BCUT2D eigenvalue weighted by atomic mass is 10.0. The number of carbonyl (C=O) groups excluding carboxylic acids is 5. The number of nitrogens with zero attached hydrogens (tertiary/aromatic N) is 1. The van der Waals surface area contributed by atoms with Crippen molar-refractivity contribution in [3.05, 3.63) is 29.3 Å². The number of carbonyl (C=O) groups is 5. The summed E-state index contributed by atoms with van der Waals surface area (Å²) in [5.41, 5.74) is 0.405. The molecule has 14 heteroatoms. The summed E-state index contributed by atoms with van der Waals surface area (Å²) in [6.45, 7) is 8.73. The Labute approximate surface area is 301 Å². The number of amides is 5. The van der Waals surface area contributed by atoms with Gasteiger partial charge in [0.25, 0.3) is 11.8 Å². The first-order valence-corrected chi connectivity index (χ1v) is 18.5. The van der Waals surface area contributed by atoms with Gasteiger partial charge in [-0.1, -0.05) is 51.5 Å². The Bertz CT molecular complexity index is 1230. The van der Waals surface area contributed by atoms with Crippen LogP contribution in [0.15, 0.2) is 18.2 Å². The van der Waals surface area contributed by atoms with Crippen molar-refractivity contribution in [2.75, 3.05) is 84.6 Å². The number of fused-ring (bicyclic) bond motifs is 1. The minimum Gasteiger partial charge on any atom is -0.379 e. The van der Waals surface area contributed by atoms with E-state index in [2.05, 4.69) is 17.6 Å². The van der Waals surface area contributed by atoms with Crippen LogP contribution in [0.3, 0.4) is 0 Å². The minimum absolute atomic E-state index is 0.0345. The molecule has 1 aromatic rings. The molecular weight excluding hydrogens is 662 g/mol. The maximum Gasteiger partial charge on any atom is 0.264 e. The molecule has 1 atom stereocenters. The smallest absolute Gasteiger partial charge is 0.264 e. The van der Waals surface area contributed by atoms with E-state index in [-0.39, 0.29) is 42.0 Å². The molecule has 1 fully saturated rings. The fourth-order valence-corrected chi connectivity index (χ4v) is 5.68. The molecule has 2 aliphatic heterocycles. The Morgan fingerprint density at radius 3 is 1.75 bits per heavy atom. The second-order valence-electron chi connectivity index (χ2n) is 12.5. The van der Waals surface area contributed by atoms with Gasteiger partial charge in [0, 0.05) is 26.1 Å². The van der Waals surface area contributed by atoms with E-state index in [0.29, 0.717) is 79.1 Å². The van der Waals surface area contributed by atoms with Crippen LogP contribution in [-0.4, -0.2) is 120 Å². The fraction of sp³-hybridized carbons (Fsp3) is 0.703. The molecule has 286 valence electrons. The SMILES string of the molecule is CCCCCCCCOCCOCCOCCOCCOCCOCCCCCC(=O)Nc1cccc2c1C(=O)N(C1CCC(=O)NC1=O)C2=O. The van der Waals surface area contributed by atoms with Gasteiger partial charge >= 0.3 is 0 Å². The number of imide groups is 2. The van der Waals surface area contributed by atoms with Crippen molar-refractivity contribution in [2.24, 2.45) is 0 Å². The zero-order valence-electron chi connectivity index (χ0n) is 30.2. The highest BCUT2D eigenvalue weighted by atomic mass is 16.6. The van der Waals surface area contributed by atoms with Gasteiger partial charge in [-0.05, 0) is 37.8 Å². The van der Waals surface area contributed by atoms with Crippen molar-refractivity contribution in [1.82, 2.24) is 10.2 Å². The van der Waals surface area contributed by atoms with Crippen molar-refractivity contribution in [3.8, 4) is 0 Å². The van der Waals surface area contributed by atoms with Crippen LogP contribution >= 0.6 is 0 Å². The molecule has 0 saturated carbocycles. The molecule has 5 amide bonds. The number of piperidine rings is 1. The molecule has 2 aliphatic rings. The lowest BCUT2D eigenvalue weighted by Crippen LogP contribution is -2.54. The van der Waals surface area contributed by atoms with Crippen LogP contribution in [0, 0.1) is 0 Å². The van der Waals surface area contributed by atoms with Crippen LogP contribution in [-0.2, 0) is 42.8 Å². The van der Waals surface area contributed by atoms with Crippen molar-refractivity contribution in [2.45, 2.75) is 90.0 Å². The number of benzene rings is 1. The average molecular weight is 720 g/mol. The number of rotatable bonds is 30. The normalized spacial score (nSPS) is 15.8. The third kappa shape index (κ3) is 15.9. The van der Waals surface area contributed by atoms with Crippen molar-refractivity contribution in [1.29, 1.82) is 0 Å². The van der Waals surface area contributed by atoms with Gasteiger partial charge in [-0.15, -0.1) is 0 Å². The Kier molecular flexibility index (Phi) is 21.2. The van der Waals surface area contributed by atoms with E-state index in [1.54, 1.807) is 12.1 Å². The summed E-state index contributed by atoms with van der Waals surface area (Å²) in [7, 11) is 0. The molecule has 0 bridgehead atoms. The minimum atomic E-state index is -1.07. The van der Waals surface area contributed by atoms with E-state index in [0.717, 1.165) is 30.8 Å². The van der Waals surface area contributed by atoms with E-state index < -0.39 is 29.7 Å². The molecule has 1 saturated heterocycles. The summed E-state index contributed by atoms with van der Waals surface area (Å²) < 4.78 is 33.2. The third-order valence-corrected chi connectivity index (χ3v) is 8.44. The van der Waals surface area contributed by atoms with E-state index in [4.69, 9.17) is 28.4 Å². The topological polar surface area (TPSA) is 168 Å². The molecule has 0 spiro atoms. The molecule has 0 radical (unpaired) electrons. The van der Waals surface area contributed by atoms with Crippen LogP contribution in [0.25, 0.3) is 0 Å². The van der Waals surface area contributed by atoms with E-state index in [1.165, 1.54) is 38.2 Å². The summed E-state index contributed by atoms with van der Waals surface area (Å²) in [6, 6.07) is 3.55. The number of hydrogen-bond donors (Lipinski definition) is 2. The van der Waals surface area contributed by atoms with Crippen LogP contribution in [0.1, 0.15) is 105 Å². The first-order chi connectivity index (χ1) is 24.9. The van der Waals surface area contributed by atoms with Gasteiger partial charge in [-0.2, -0.15) is 0 Å². The summed E-state index contributed by atoms with van der Waals surface area (Å²) in [6.07, 6.45) is 10.1. The zero-order chi connectivity index (χ0) is 36.5. The van der Waals surface area contributed by atoms with Gasteiger partial charge in [0.2, 0.25) is 17.7 Å². The Morgan fingerprint density at radius 1 is 0.686 bits per heavy atom. The second kappa shape index (κ2) is 25.6. The molecule has 2 heterocycles. The first kappa shape index (κ1) is 42.1. The number of ether oxygens (including phenoxy) is 6. The monoisotopic (exact) mass is 719 g/mol. The number of anilines is 1. The highest BCUT2D eigenvalue weighted by Crippen LogP contribution is 2.32. The predicted molar refractivity (Wildman–Crippen MR) is 189 cm³/mol. The van der Waals surface area contributed by atoms with E-state index in [1.807, 2.05) is 0 Å². The standard InChI is InChI=1S/C37H57N3O11/c1-2-3-4-5-6-9-17-46-19-21-48-23-25-50-27-28-51-26-24-49-22-20-47-18-10-7-8-14-32(41)38-30-13-11-12-29-34(30)37(45)40(36(29)44)31-15-16-33(42)39-35(31)43/h11-13,31H,2-10,14-28H2,1H3,(H,38,41)(H,39,42,43). The summed E-state index contributed by atoms with van der Waals surface area (Å²) >= 11 is 0. The van der Waals surface area contributed by atoms with Crippen molar-refractivity contribution in [3.63, 3.8) is 0 Å². The van der Waals surface area contributed by atoms with Gasteiger partial charge in [0.05, 0.1) is 82.9 Å². The van der Waals surface area contributed by atoms with Gasteiger partial charge in [0.1, 0.15) is 6.04 Å². The van der Waals surface area contributed by atoms with Gasteiger partial charge in [-0.25, -0.2) is 0 Å². The molecular formula is C37H57N3O11. The first-order valence-electron chi connectivity index (χ1n) is 18.5. The molecule has 0 aliphatic carbocycles. The maximum atomic E-state index is 13.2.